The van der Waals surface area contributed by atoms with Crippen LogP contribution in [0.3, 0.4) is 0 Å². The first kappa shape index (κ1) is 22.5. The Balaban J connectivity index is 4.56. The van der Waals surface area contributed by atoms with Crippen molar-refractivity contribution in [3.8, 4) is 0 Å². The van der Waals surface area contributed by atoms with Crippen molar-refractivity contribution in [1.29, 1.82) is 0 Å². The molecule has 0 aliphatic heterocycles. The second-order valence-electron chi connectivity index (χ2n) is 5.37. The molecular weight excluding hydrogens is 316 g/mol. The molecular formula is C21H28O4. The van der Waals surface area contributed by atoms with Gasteiger partial charge in [0, 0.05) is 12.7 Å². The molecule has 0 saturated heterocycles. The maximum absolute atomic E-state index is 11.4. The minimum Gasteiger partial charge on any atom is -0.463 e. The lowest BCUT2D eigenvalue weighted by Crippen LogP contribution is -2.04. The zero-order chi connectivity index (χ0) is 19.1. The number of carbonyl (C=O) groups is 2. The second-order valence-corrected chi connectivity index (χ2v) is 5.37. The molecule has 0 spiro atoms. The summed E-state index contributed by atoms with van der Waals surface area (Å²) in [6.45, 7) is 7.86. The van der Waals surface area contributed by atoms with Gasteiger partial charge in [0.05, 0.1) is 6.61 Å². The first-order valence-corrected chi connectivity index (χ1v) is 8.14. The van der Waals surface area contributed by atoms with E-state index in [9.17, 15) is 9.59 Å². The predicted octanol–water partition coefficient (Wildman–Crippen LogP) is 4.27. The van der Waals surface area contributed by atoms with Crippen molar-refractivity contribution < 1.29 is 19.1 Å². The van der Waals surface area contributed by atoms with Crippen molar-refractivity contribution in [2.24, 2.45) is 0 Å². The average Bonchev–Trinajstić information content (AvgIpc) is 2.57. The summed E-state index contributed by atoms with van der Waals surface area (Å²) in [5.41, 5.74) is 2.58. The molecule has 0 atom stereocenters. The van der Waals surface area contributed by atoms with Crippen LogP contribution >= 0.6 is 0 Å². The maximum Gasteiger partial charge on any atom is 0.333 e. The van der Waals surface area contributed by atoms with E-state index in [2.05, 4.69) is 0 Å². The fraction of sp³-hybridized carbons (Fsp3) is 0.333. The van der Waals surface area contributed by atoms with Gasteiger partial charge in [-0.25, -0.2) is 4.79 Å². The fourth-order valence-corrected chi connectivity index (χ4v) is 1.60. The minimum absolute atomic E-state index is 0.0636. The molecule has 4 nitrogen and oxygen atoms in total. The molecule has 25 heavy (non-hydrogen) atoms. The lowest BCUT2D eigenvalue weighted by Gasteiger charge is -1.99. The van der Waals surface area contributed by atoms with Crippen LogP contribution in [0.4, 0.5) is 0 Å². The van der Waals surface area contributed by atoms with Crippen molar-refractivity contribution in [3.63, 3.8) is 0 Å². The normalized spacial score (nSPS) is 14.0. The zero-order valence-corrected chi connectivity index (χ0v) is 15.7. The van der Waals surface area contributed by atoms with E-state index in [-0.39, 0.29) is 18.4 Å². The first-order valence-electron chi connectivity index (χ1n) is 8.14. The standard InChI is InChI=1S/C21H28O4/c1-6-25-21(23)19(4)13-9-12-17(2)10-7-8-11-18(3)14-15-20(22)16-24-5/h7-15H,6,16H2,1-5H3/b8-7+,12-9+,15-14+,17-10+,18-11+,19-13+. The van der Waals surface area contributed by atoms with E-state index in [1.54, 1.807) is 26.0 Å². The van der Waals surface area contributed by atoms with Crippen molar-refractivity contribution in [1.82, 2.24) is 0 Å². The van der Waals surface area contributed by atoms with Crippen LogP contribution in [0.5, 0.6) is 0 Å². The number of allylic oxidation sites excluding steroid dienone is 10. The number of esters is 1. The van der Waals surface area contributed by atoms with Gasteiger partial charge in [0.2, 0.25) is 0 Å². The smallest absolute Gasteiger partial charge is 0.333 e. The summed E-state index contributed by atoms with van der Waals surface area (Å²) in [5, 5.41) is 0. The molecule has 136 valence electrons. The summed E-state index contributed by atoms with van der Waals surface area (Å²) in [6, 6.07) is 0. The average molecular weight is 344 g/mol. The minimum atomic E-state index is -0.300. The van der Waals surface area contributed by atoms with Gasteiger partial charge < -0.3 is 9.47 Å². The van der Waals surface area contributed by atoms with Crippen LogP contribution in [0.2, 0.25) is 0 Å². The number of rotatable bonds is 10. The summed E-state index contributed by atoms with van der Waals surface area (Å²) >= 11 is 0. The Bertz CT molecular complexity index is 614. The van der Waals surface area contributed by atoms with E-state index in [1.807, 2.05) is 50.3 Å². The van der Waals surface area contributed by atoms with E-state index in [1.165, 1.54) is 13.2 Å². The highest BCUT2D eigenvalue weighted by atomic mass is 16.5. The van der Waals surface area contributed by atoms with E-state index < -0.39 is 0 Å². The van der Waals surface area contributed by atoms with Crippen LogP contribution in [0.1, 0.15) is 27.7 Å². The molecule has 0 aromatic carbocycles. The molecule has 0 rings (SSSR count). The molecule has 0 amide bonds. The molecule has 4 heteroatoms. The highest BCUT2D eigenvalue weighted by molar-refractivity contribution is 5.91. The van der Waals surface area contributed by atoms with E-state index in [4.69, 9.17) is 9.47 Å². The summed E-state index contributed by atoms with van der Waals surface area (Å²) in [6.07, 6.45) is 16.4. The van der Waals surface area contributed by atoms with E-state index in [0.717, 1.165) is 11.1 Å². The highest BCUT2D eigenvalue weighted by Crippen LogP contribution is 2.01. The number of ether oxygens (including phenoxy) is 2. The van der Waals surface area contributed by atoms with Gasteiger partial charge in [-0.3, -0.25) is 4.79 Å². The molecule has 0 fully saturated rings. The molecule has 0 radical (unpaired) electrons. The molecule has 0 aliphatic carbocycles. The lowest BCUT2D eigenvalue weighted by atomic mass is 10.2. The third kappa shape index (κ3) is 12.6. The molecule has 0 saturated carbocycles. The van der Waals surface area contributed by atoms with Gasteiger partial charge >= 0.3 is 5.97 Å². The summed E-state index contributed by atoms with van der Waals surface area (Å²) in [7, 11) is 1.49. The van der Waals surface area contributed by atoms with Crippen molar-refractivity contribution in [2.75, 3.05) is 20.3 Å². The van der Waals surface area contributed by atoms with E-state index >= 15 is 0 Å². The highest BCUT2D eigenvalue weighted by Gasteiger charge is 2.01. The van der Waals surface area contributed by atoms with Crippen LogP contribution in [-0.2, 0) is 19.1 Å². The van der Waals surface area contributed by atoms with Crippen LogP contribution in [0, 0.1) is 0 Å². The summed E-state index contributed by atoms with van der Waals surface area (Å²) in [5.74, 6) is -0.363. The monoisotopic (exact) mass is 344 g/mol. The molecule has 0 unspecified atom stereocenters. The molecule has 0 aliphatic rings. The Kier molecular flexibility index (Phi) is 12.6. The van der Waals surface area contributed by atoms with Gasteiger partial charge in [-0.2, -0.15) is 0 Å². The van der Waals surface area contributed by atoms with Crippen molar-refractivity contribution >= 4 is 11.8 Å². The van der Waals surface area contributed by atoms with E-state index in [0.29, 0.717) is 12.2 Å². The van der Waals surface area contributed by atoms with Crippen LogP contribution in [0.15, 0.2) is 71.4 Å². The van der Waals surface area contributed by atoms with Gasteiger partial charge in [0.25, 0.3) is 0 Å². The number of hydrogen-bond acceptors (Lipinski definition) is 4. The molecule has 0 bridgehead atoms. The van der Waals surface area contributed by atoms with Gasteiger partial charge in [0.15, 0.2) is 5.78 Å². The van der Waals surface area contributed by atoms with Gasteiger partial charge in [-0.15, -0.1) is 0 Å². The Labute approximate surface area is 150 Å². The largest absolute Gasteiger partial charge is 0.463 e. The van der Waals surface area contributed by atoms with Crippen LogP contribution in [-0.4, -0.2) is 32.1 Å². The number of carbonyl (C=O) groups excluding carboxylic acids is 2. The number of ketones is 1. The zero-order valence-electron chi connectivity index (χ0n) is 15.7. The summed E-state index contributed by atoms with van der Waals surface area (Å²) < 4.78 is 9.66. The quantitative estimate of drug-likeness (QED) is 0.337. The van der Waals surface area contributed by atoms with Crippen molar-refractivity contribution in [2.45, 2.75) is 27.7 Å². The third-order valence-electron chi connectivity index (χ3n) is 2.95. The lowest BCUT2D eigenvalue weighted by molar-refractivity contribution is -0.138. The molecule has 0 aromatic rings. The topological polar surface area (TPSA) is 52.6 Å². The molecule has 0 aromatic heterocycles. The Morgan fingerprint density at radius 1 is 0.840 bits per heavy atom. The number of hydrogen-bond donors (Lipinski definition) is 0. The fourth-order valence-electron chi connectivity index (χ4n) is 1.60. The molecule has 0 heterocycles. The Hall–Kier alpha value is -2.46. The third-order valence-corrected chi connectivity index (χ3v) is 2.95. The Morgan fingerprint density at radius 2 is 1.44 bits per heavy atom. The van der Waals surface area contributed by atoms with Gasteiger partial charge in [-0.1, -0.05) is 59.8 Å². The van der Waals surface area contributed by atoms with Gasteiger partial charge in [0.1, 0.15) is 6.61 Å². The SMILES string of the molecule is CCOC(=O)/C(C)=C/C=C/C(C)=C/C=C/C=C(C)/C=C/C(=O)COC. The van der Waals surface area contributed by atoms with Crippen molar-refractivity contribution in [3.05, 3.63) is 71.4 Å². The van der Waals surface area contributed by atoms with Gasteiger partial charge in [-0.05, 0) is 33.8 Å². The second kappa shape index (κ2) is 13.9. The van der Waals surface area contributed by atoms with Crippen LogP contribution < -0.4 is 0 Å². The molecule has 0 N–H and O–H groups in total. The van der Waals surface area contributed by atoms with Crippen LogP contribution in [0.25, 0.3) is 0 Å². The number of methoxy groups -OCH3 is 1. The predicted molar refractivity (Wildman–Crippen MR) is 102 cm³/mol. The first-order chi connectivity index (χ1) is 11.9. The Morgan fingerprint density at radius 3 is 2.00 bits per heavy atom. The maximum atomic E-state index is 11.4. The summed E-state index contributed by atoms with van der Waals surface area (Å²) in [4.78, 5) is 22.7.